The van der Waals surface area contributed by atoms with Crippen LogP contribution in [0.3, 0.4) is 0 Å². The summed E-state index contributed by atoms with van der Waals surface area (Å²) in [6, 6.07) is 0. The van der Waals surface area contributed by atoms with E-state index >= 15 is 0 Å². The fraction of sp³-hybridized carbons (Fsp3) is 0.917. The van der Waals surface area contributed by atoms with Crippen LogP contribution in [0.4, 0.5) is 0 Å². The molecule has 0 saturated carbocycles. The van der Waals surface area contributed by atoms with Gasteiger partial charge in [0.05, 0.1) is 0 Å². The van der Waals surface area contributed by atoms with Crippen LogP contribution in [0.5, 0.6) is 0 Å². The van der Waals surface area contributed by atoms with E-state index in [0.29, 0.717) is 0 Å². The molecule has 1 aliphatic rings. The number of aliphatic hydroxyl groups is 1. The molecule has 1 heterocycles. The summed E-state index contributed by atoms with van der Waals surface area (Å²) < 4.78 is 1.23. The third-order valence-corrected chi connectivity index (χ3v) is 5.12. The number of rotatable bonds is 4. The van der Waals surface area contributed by atoms with Crippen LogP contribution in [-0.4, -0.2) is 48.8 Å². The van der Waals surface area contributed by atoms with Crippen LogP contribution in [-0.2, 0) is 0 Å². The van der Waals surface area contributed by atoms with Crippen LogP contribution in [0, 0.1) is 11.8 Å². The van der Waals surface area contributed by atoms with Crippen LogP contribution >= 0.6 is 0 Å². The normalized spacial score (nSPS) is 22.9. The Morgan fingerprint density at radius 3 is 2.13 bits per heavy atom. The van der Waals surface area contributed by atoms with Gasteiger partial charge in [0.15, 0.2) is 0 Å². The van der Waals surface area contributed by atoms with Gasteiger partial charge in [0, 0.05) is 0 Å². The molecule has 0 aromatic heterocycles. The molecule has 1 fully saturated rings. The van der Waals surface area contributed by atoms with Gasteiger partial charge in [-0.25, -0.2) is 0 Å². The first-order valence-electron chi connectivity index (χ1n) is 5.88. The Hall–Kier alpha value is 0.149. The van der Waals surface area contributed by atoms with Crippen molar-refractivity contribution in [1.29, 1.82) is 0 Å². The van der Waals surface area contributed by atoms with Crippen LogP contribution in [0.2, 0.25) is 0 Å². The van der Waals surface area contributed by atoms with Gasteiger partial charge in [-0.2, -0.15) is 0 Å². The van der Waals surface area contributed by atoms with E-state index in [1.54, 1.807) is 0 Å². The minimum absolute atomic E-state index is 0.190. The van der Waals surface area contributed by atoms with Gasteiger partial charge in [-0.15, -0.1) is 0 Å². The van der Waals surface area contributed by atoms with E-state index in [1.807, 2.05) is 6.92 Å². The number of nitrogens with zero attached hydrogens (tertiary/aromatic N) is 1. The molecule has 15 heavy (non-hydrogen) atoms. The molecular formula is C12H23NOSe. The molecule has 3 heteroatoms. The topological polar surface area (TPSA) is 23.5 Å². The van der Waals surface area contributed by atoms with E-state index in [-0.39, 0.29) is 11.8 Å². The van der Waals surface area contributed by atoms with Crippen molar-refractivity contribution in [1.82, 2.24) is 4.90 Å². The third kappa shape index (κ3) is 2.83. The van der Waals surface area contributed by atoms with Crippen molar-refractivity contribution < 1.29 is 5.11 Å². The maximum absolute atomic E-state index is 10.4. The van der Waals surface area contributed by atoms with Crippen molar-refractivity contribution in [3.05, 3.63) is 0 Å². The number of hydrogen-bond donors (Lipinski definition) is 1. The Bertz CT molecular complexity index is 232. The Balaban J connectivity index is 2.66. The molecule has 1 aliphatic heterocycles. The molecule has 0 aliphatic carbocycles. The Morgan fingerprint density at radius 1 is 1.27 bits per heavy atom. The van der Waals surface area contributed by atoms with E-state index in [4.69, 9.17) is 0 Å². The first-order chi connectivity index (χ1) is 6.87. The van der Waals surface area contributed by atoms with Gasteiger partial charge in [-0.1, -0.05) is 0 Å². The molecule has 0 spiro atoms. The third-order valence-electron chi connectivity index (χ3n) is 3.83. The predicted octanol–water partition coefficient (Wildman–Crippen LogP) is 1.42. The minimum atomic E-state index is -0.622. The van der Waals surface area contributed by atoms with Crippen molar-refractivity contribution in [3.63, 3.8) is 0 Å². The van der Waals surface area contributed by atoms with Crippen molar-refractivity contribution >= 4 is 20.1 Å². The van der Waals surface area contributed by atoms with Gasteiger partial charge in [0.25, 0.3) is 0 Å². The quantitative estimate of drug-likeness (QED) is 0.785. The molecular weight excluding hydrogens is 253 g/mol. The van der Waals surface area contributed by atoms with Gasteiger partial charge < -0.3 is 0 Å². The molecule has 0 bridgehead atoms. The van der Waals surface area contributed by atoms with Gasteiger partial charge in [-0.05, 0) is 0 Å². The molecule has 2 unspecified atom stereocenters. The number of likely N-dealkylation sites (tertiary alicyclic amines) is 1. The molecule has 0 radical (unpaired) electrons. The first-order valence-corrected chi connectivity index (χ1v) is 6.74. The molecule has 0 amide bonds. The van der Waals surface area contributed by atoms with E-state index < -0.39 is 5.60 Å². The fourth-order valence-corrected chi connectivity index (χ4v) is 2.85. The van der Waals surface area contributed by atoms with E-state index in [0.717, 1.165) is 13.1 Å². The van der Waals surface area contributed by atoms with Gasteiger partial charge in [0.2, 0.25) is 0 Å². The molecule has 0 aromatic carbocycles. The second-order valence-electron chi connectivity index (χ2n) is 5.13. The fourth-order valence-electron chi connectivity index (χ4n) is 1.96. The van der Waals surface area contributed by atoms with Crippen LogP contribution in [0.1, 0.15) is 40.5 Å². The second-order valence-corrected chi connectivity index (χ2v) is 6.01. The molecule has 1 rings (SSSR count). The zero-order valence-corrected chi connectivity index (χ0v) is 12.0. The van der Waals surface area contributed by atoms with Crippen molar-refractivity contribution in [2.24, 2.45) is 11.8 Å². The van der Waals surface area contributed by atoms with Crippen molar-refractivity contribution in [2.75, 3.05) is 13.1 Å². The predicted molar refractivity (Wildman–Crippen MR) is 66.2 cm³/mol. The average molecular weight is 276 g/mol. The Kier molecular flexibility index (Phi) is 4.39. The molecule has 1 N–H and O–H groups in total. The monoisotopic (exact) mass is 277 g/mol. The first kappa shape index (κ1) is 13.2. The number of hydrogen-bond acceptors (Lipinski definition) is 2. The van der Waals surface area contributed by atoms with Gasteiger partial charge in [-0.3, -0.25) is 0 Å². The summed E-state index contributed by atoms with van der Waals surface area (Å²) in [6.45, 7) is 10.5. The van der Waals surface area contributed by atoms with Gasteiger partial charge in [0.1, 0.15) is 0 Å². The average Bonchev–Trinajstić information content (AvgIpc) is 2.67. The molecule has 0 aromatic rings. The molecule has 2 atom stereocenters. The molecule has 2 nitrogen and oxygen atoms in total. The zero-order chi connectivity index (χ0) is 11.6. The van der Waals surface area contributed by atoms with Crippen molar-refractivity contribution in [2.45, 2.75) is 46.1 Å². The summed E-state index contributed by atoms with van der Waals surface area (Å²) in [5.74, 6) is 0.467. The Morgan fingerprint density at radius 2 is 1.73 bits per heavy atom. The zero-order valence-electron chi connectivity index (χ0n) is 10.3. The van der Waals surface area contributed by atoms with E-state index in [2.05, 4.69) is 41.2 Å². The summed E-state index contributed by atoms with van der Waals surface area (Å²) in [5, 5.41) is 10.4. The SMILES string of the molecule is CC(C)C(C)(O)C(C)C(=[Se])N1CCCC1. The summed E-state index contributed by atoms with van der Waals surface area (Å²) >= 11 is 3.16. The molecule has 88 valence electrons. The van der Waals surface area contributed by atoms with E-state index in [9.17, 15) is 5.11 Å². The summed E-state index contributed by atoms with van der Waals surface area (Å²) in [4.78, 5) is 2.38. The maximum atomic E-state index is 10.4. The summed E-state index contributed by atoms with van der Waals surface area (Å²) in [5.41, 5.74) is -0.622. The Labute approximate surface area is 101 Å². The molecule has 1 saturated heterocycles. The van der Waals surface area contributed by atoms with E-state index in [1.165, 1.54) is 17.4 Å². The van der Waals surface area contributed by atoms with Crippen LogP contribution in [0.25, 0.3) is 0 Å². The van der Waals surface area contributed by atoms with Crippen molar-refractivity contribution in [3.8, 4) is 0 Å². The standard InChI is InChI=1S/C12H23NOSe/c1-9(2)12(4,14)10(3)11(15)13-7-5-6-8-13/h9-10,14H,5-8H2,1-4H3. The van der Waals surface area contributed by atoms with Gasteiger partial charge >= 0.3 is 101 Å². The summed E-state index contributed by atoms with van der Waals surface area (Å²) in [6.07, 6.45) is 2.56. The van der Waals surface area contributed by atoms with Crippen LogP contribution in [0.15, 0.2) is 0 Å². The summed E-state index contributed by atoms with van der Waals surface area (Å²) in [7, 11) is 0. The second kappa shape index (κ2) is 4.99. The van der Waals surface area contributed by atoms with Crippen LogP contribution < -0.4 is 0 Å².